The molecule has 1 aromatic heterocycles. The fraction of sp³-hybridized carbons (Fsp3) is 0.267. The molecule has 0 bridgehead atoms. The highest BCUT2D eigenvalue weighted by molar-refractivity contribution is 7.90. The van der Waals surface area contributed by atoms with Crippen LogP contribution in [0.2, 0.25) is 0 Å². The number of rotatable bonds is 5. The van der Waals surface area contributed by atoms with Crippen molar-refractivity contribution < 1.29 is 8.42 Å². The second kappa shape index (κ2) is 6.33. The van der Waals surface area contributed by atoms with Gasteiger partial charge in [-0.05, 0) is 37.1 Å². The lowest BCUT2D eigenvalue weighted by molar-refractivity contribution is 0.526. The van der Waals surface area contributed by atoms with Crippen molar-refractivity contribution in [3.63, 3.8) is 0 Å². The molecule has 0 spiro atoms. The Bertz CT molecular complexity index is 735. The van der Waals surface area contributed by atoms with Gasteiger partial charge in [0, 0.05) is 19.8 Å². The maximum Gasteiger partial charge on any atom is 0.302 e. The second-order valence-electron chi connectivity index (χ2n) is 5.21. The first-order valence-corrected chi connectivity index (χ1v) is 8.23. The molecule has 2 N–H and O–H groups in total. The van der Waals surface area contributed by atoms with E-state index in [4.69, 9.17) is 0 Å². The number of pyridine rings is 1. The van der Waals surface area contributed by atoms with E-state index in [0.29, 0.717) is 0 Å². The molecule has 0 atom stereocenters. The van der Waals surface area contributed by atoms with Crippen molar-refractivity contribution in [1.29, 1.82) is 0 Å². The molecule has 2 rings (SSSR count). The number of para-hydroxylation sites is 1. The van der Waals surface area contributed by atoms with Gasteiger partial charge in [-0.1, -0.05) is 18.2 Å². The molecule has 0 aliphatic heterocycles. The van der Waals surface area contributed by atoms with Crippen molar-refractivity contribution in [2.24, 2.45) is 0 Å². The van der Waals surface area contributed by atoms with Gasteiger partial charge in [0.05, 0.1) is 11.9 Å². The Morgan fingerprint density at radius 2 is 1.68 bits per heavy atom. The average Bonchev–Trinajstić information content (AvgIpc) is 2.44. The van der Waals surface area contributed by atoms with E-state index in [1.807, 2.05) is 32.0 Å². The Morgan fingerprint density at radius 1 is 1.05 bits per heavy atom. The largest absolute Gasteiger partial charge is 0.354 e. The molecule has 7 heteroatoms. The van der Waals surface area contributed by atoms with Crippen LogP contribution >= 0.6 is 0 Å². The van der Waals surface area contributed by atoms with E-state index in [1.165, 1.54) is 14.1 Å². The number of aromatic nitrogens is 1. The zero-order valence-electron chi connectivity index (χ0n) is 13.1. The third-order valence-electron chi connectivity index (χ3n) is 3.23. The third kappa shape index (κ3) is 3.75. The standard InChI is InChI=1S/C15H20N4O2S/c1-11-6-5-7-12(2)15(11)17-13-8-9-14(16-10-13)18-22(20,21)19(3)4/h5-10,17H,1-4H3,(H,16,18). The van der Waals surface area contributed by atoms with Crippen molar-refractivity contribution in [2.45, 2.75) is 13.8 Å². The molecule has 0 saturated heterocycles. The Hall–Kier alpha value is -2.12. The molecule has 2 aromatic rings. The first-order valence-electron chi connectivity index (χ1n) is 6.79. The van der Waals surface area contributed by atoms with Gasteiger partial charge in [0.2, 0.25) is 0 Å². The fourth-order valence-electron chi connectivity index (χ4n) is 1.91. The Labute approximate surface area is 131 Å². The normalized spacial score (nSPS) is 11.5. The minimum absolute atomic E-state index is 0.278. The Balaban J connectivity index is 2.16. The lowest BCUT2D eigenvalue weighted by Gasteiger charge is -2.14. The molecule has 0 unspecified atom stereocenters. The highest BCUT2D eigenvalue weighted by atomic mass is 32.2. The van der Waals surface area contributed by atoms with E-state index in [-0.39, 0.29) is 5.82 Å². The van der Waals surface area contributed by atoms with Crippen molar-refractivity contribution in [2.75, 3.05) is 24.1 Å². The summed E-state index contributed by atoms with van der Waals surface area (Å²) in [4.78, 5) is 4.12. The lowest BCUT2D eigenvalue weighted by atomic mass is 10.1. The molecule has 0 fully saturated rings. The van der Waals surface area contributed by atoms with Crippen molar-refractivity contribution in [3.05, 3.63) is 47.7 Å². The van der Waals surface area contributed by atoms with E-state index >= 15 is 0 Å². The fourth-order valence-corrected chi connectivity index (χ4v) is 2.48. The van der Waals surface area contributed by atoms with Crippen LogP contribution in [-0.2, 0) is 10.2 Å². The molecule has 0 aliphatic carbocycles. The minimum atomic E-state index is -3.54. The molecule has 1 heterocycles. The number of nitrogens with zero attached hydrogens (tertiary/aromatic N) is 2. The van der Waals surface area contributed by atoms with Crippen LogP contribution in [0.4, 0.5) is 17.2 Å². The number of hydrogen-bond acceptors (Lipinski definition) is 4. The van der Waals surface area contributed by atoms with E-state index in [2.05, 4.69) is 15.0 Å². The van der Waals surface area contributed by atoms with Gasteiger partial charge in [-0.2, -0.15) is 12.7 Å². The molecule has 0 saturated carbocycles. The quantitative estimate of drug-likeness (QED) is 0.888. The topological polar surface area (TPSA) is 74.3 Å². The summed E-state index contributed by atoms with van der Waals surface area (Å²) in [6.07, 6.45) is 1.60. The Morgan fingerprint density at radius 3 is 2.18 bits per heavy atom. The van der Waals surface area contributed by atoms with Crippen LogP contribution < -0.4 is 10.0 Å². The zero-order valence-corrected chi connectivity index (χ0v) is 13.9. The zero-order chi connectivity index (χ0) is 16.3. The molecule has 0 amide bonds. The second-order valence-corrected chi connectivity index (χ2v) is 7.10. The van der Waals surface area contributed by atoms with E-state index in [9.17, 15) is 8.42 Å². The predicted molar refractivity (Wildman–Crippen MR) is 89.7 cm³/mol. The SMILES string of the molecule is Cc1cccc(C)c1Nc1ccc(NS(=O)(=O)N(C)C)nc1. The van der Waals surface area contributed by atoms with E-state index in [0.717, 1.165) is 26.8 Å². The number of nitrogens with one attached hydrogen (secondary N) is 2. The number of hydrogen-bond donors (Lipinski definition) is 2. The Kier molecular flexibility index (Phi) is 4.68. The summed E-state index contributed by atoms with van der Waals surface area (Å²) in [7, 11) is -0.621. The summed E-state index contributed by atoms with van der Waals surface area (Å²) < 4.78 is 26.9. The molecule has 6 nitrogen and oxygen atoms in total. The van der Waals surface area contributed by atoms with Crippen molar-refractivity contribution in [1.82, 2.24) is 9.29 Å². The van der Waals surface area contributed by atoms with Gasteiger partial charge in [0.15, 0.2) is 0 Å². The third-order valence-corrected chi connectivity index (χ3v) is 4.66. The summed E-state index contributed by atoms with van der Waals surface area (Å²) in [5.74, 6) is 0.278. The summed E-state index contributed by atoms with van der Waals surface area (Å²) in [6, 6.07) is 9.47. The van der Waals surface area contributed by atoms with Gasteiger partial charge < -0.3 is 5.32 Å². The van der Waals surface area contributed by atoms with Crippen LogP contribution in [0, 0.1) is 13.8 Å². The van der Waals surface area contributed by atoms with Gasteiger partial charge in [0.25, 0.3) is 0 Å². The maximum atomic E-state index is 11.7. The summed E-state index contributed by atoms with van der Waals surface area (Å²) >= 11 is 0. The van der Waals surface area contributed by atoms with E-state index < -0.39 is 10.2 Å². The monoisotopic (exact) mass is 320 g/mol. The number of aryl methyl sites for hydroxylation is 2. The molecule has 22 heavy (non-hydrogen) atoms. The molecular weight excluding hydrogens is 300 g/mol. The van der Waals surface area contributed by atoms with Crippen molar-refractivity contribution in [3.8, 4) is 0 Å². The van der Waals surface area contributed by atoms with Crippen LogP contribution in [0.1, 0.15) is 11.1 Å². The van der Waals surface area contributed by atoms with Crippen LogP contribution in [0.25, 0.3) is 0 Å². The van der Waals surface area contributed by atoms with Crippen LogP contribution in [0.3, 0.4) is 0 Å². The van der Waals surface area contributed by atoms with Gasteiger partial charge in [-0.3, -0.25) is 4.72 Å². The molecule has 118 valence electrons. The summed E-state index contributed by atoms with van der Waals surface area (Å²) in [5, 5.41) is 3.30. The summed E-state index contributed by atoms with van der Waals surface area (Å²) in [6.45, 7) is 4.06. The van der Waals surface area contributed by atoms with Gasteiger partial charge in [-0.25, -0.2) is 4.98 Å². The van der Waals surface area contributed by atoms with Gasteiger partial charge >= 0.3 is 10.2 Å². The molecule has 1 aromatic carbocycles. The highest BCUT2D eigenvalue weighted by Crippen LogP contribution is 2.24. The number of benzene rings is 1. The average molecular weight is 320 g/mol. The van der Waals surface area contributed by atoms with Crippen LogP contribution in [0.5, 0.6) is 0 Å². The first-order chi connectivity index (χ1) is 10.3. The maximum absolute atomic E-state index is 11.7. The van der Waals surface area contributed by atoms with Crippen molar-refractivity contribution >= 4 is 27.4 Å². The number of anilines is 3. The van der Waals surface area contributed by atoms with Crippen LogP contribution in [-0.4, -0.2) is 31.8 Å². The van der Waals surface area contributed by atoms with E-state index in [1.54, 1.807) is 18.3 Å². The molecule has 0 radical (unpaired) electrons. The lowest BCUT2D eigenvalue weighted by Crippen LogP contribution is -2.29. The molecular formula is C15H20N4O2S. The smallest absolute Gasteiger partial charge is 0.302 e. The predicted octanol–water partition coefficient (Wildman–Crippen LogP) is 2.66. The van der Waals surface area contributed by atoms with Crippen LogP contribution in [0.15, 0.2) is 36.5 Å². The van der Waals surface area contributed by atoms with Gasteiger partial charge in [0.1, 0.15) is 5.82 Å². The summed E-state index contributed by atoms with van der Waals surface area (Å²) in [5.41, 5.74) is 4.10. The molecule has 0 aliphatic rings. The van der Waals surface area contributed by atoms with Gasteiger partial charge in [-0.15, -0.1) is 0 Å². The first kappa shape index (κ1) is 16.3. The minimum Gasteiger partial charge on any atom is -0.354 e. The highest BCUT2D eigenvalue weighted by Gasteiger charge is 2.13.